The minimum atomic E-state index is 0.539. The van der Waals surface area contributed by atoms with Crippen LogP contribution >= 0.6 is 15.9 Å². The molecule has 0 fully saturated rings. The zero-order valence-electron chi connectivity index (χ0n) is 14.6. The molecule has 0 radical (unpaired) electrons. The summed E-state index contributed by atoms with van der Waals surface area (Å²) < 4.78 is 9.03. The Kier molecular flexibility index (Phi) is 5.07. The summed E-state index contributed by atoms with van der Waals surface area (Å²) in [6, 6.07) is 24.2. The second kappa shape index (κ2) is 7.80. The van der Waals surface area contributed by atoms with Gasteiger partial charge in [0.25, 0.3) is 0 Å². The van der Waals surface area contributed by atoms with Crippen molar-refractivity contribution in [3.63, 3.8) is 0 Å². The van der Waals surface area contributed by atoms with Crippen LogP contribution in [0.4, 0.5) is 0 Å². The average Bonchev–Trinajstić information content (AvgIpc) is 3.06. The van der Waals surface area contributed by atoms with Crippen molar-refractivity contribution in [3.05, 3.63) is 100 Å². The molecule has 4 rings (SSSR count). The Morgan fingerprint density at radius 2 is 1.59 bits per heavy atom. The van der Waals surface area contributed by atoms with Gasteiger partial charge in [-0.05, 0) is 41.5 Å². The van der Waals surface area contributed by atoms with Crippen molar-refractivity contribution in [1.82, 2.24) is 4.57 Å². The minimum Gasteiger partial charge on any atom is -0.489 e. The van der Waals surface area contributed by atoms with Crippen molar-refractivity contribution in [2.24, 2.45) is 0 Å². The number of hydrogen-bond donors (Lipinski definition) is 0. The highest BCUT2D eigenvalue weighted by Crippen LogP contribution is 2.22. The molecule has 3 nitrogen and oxygen atoms in total. The number of halogens is 1. The van der Waals surface area contributed by atoms with Crippen molar-refractivity contribution in [2.45, 2.75) is 13.2 Å². The second-order valence-corrected chi connectivity index (χ2v) is 7.32. The number of rotatable bonds is 6. The summed E-state index contributed by atoms with van der Waals surface area (Å²) in [6.45, 7) is 1.25. The summed E-state index contributed by atoms with van der Waals surface area (Å²) in [5.74, 6) is 0.840. The van der Waals surface area contributed by atoms with Crippen molar-refractivity contribution < 1.29 is 9.53 Å². The van der Waals surface area contributed by atoms with Crippen molar-refractivity contribution in [2.75, 3.05) is 0 Å². The van der Waals surface area contributed by atoms with E-state index in [4.69, 9.17) is 4.74 Å². The molecule has 1 heterocycles. The number of ether oxygens (including phenoxy) is 1. The van der Waals surface area contributed by atoms with E-state index in [1.54, 1.807) is 0 Å². The quantitative estimate of drug-likeness (QED) is 0.367. The van der Waals surface area contributed by atoms with Crippen LogP contribution in [0.3, 0.4) is 0 Å². The van der Waals surface area contributed by atoms with E-state index in [-0.39, 0.29) is 0 Å². The largest absolute Gasteiger partial charge is 0.489 e. The first kappa shape index (κ1) is 17.6. The predicted molar refractivity (Wildman–Crippen MR) is 111 cm³/mol. The van der Waals surface area contributed by atoms with Gasteiger partial charge in [0.2, 0.25) is 0 Å². The SMILES string of the molecule is O=Cc1cn(Cc2ccc(OCc3ccc(Br)cc3)cc2)c2ccccc12. The molecule has 0 bridgehead atoms. The van der Waals surface area contributed by atoms with Gasteiger partial charge in [-0.15, -0.1) is 0 Å². The van der Waals surface area contributed by atoms with Crippen LogP contribution in [0.5, 0.6) is 5.75 Å². The molecule has 0 saturated heterocycles. The normalized spacial score (nSPS) is 10.9. The summed E-state index contributed by atoms with van der Waals surface area (Å²) in [5, 5.41) is 0.988. The average molecular weight is 420 g/mol. The smallest absolute Gasteiger partial charge is 0.152 e. The van der Waals surface area contributed by atoms with E-state index in [9.17, 15) is 4.79 Å². The molecular weight excluding hydrogens is 402 g/mol. The number of aldehydes is 1. The number of hydrogen-bond acceptors (Lipinski definition) is 2. The molecule has 0 aliphatic heterocycles. The van der Waals surface area contributed by atoms with Gasteiger partial charge in [-0.1, -0.05) is 58.4 Å². The maximum Gasteiger partial charge on any atom is 0.152 e. The zero-order valence-corrected chi connectivity index (χ0v) is 16.2. The first-order valence-corrected chi connectivity index (χ1v) is 9.51. The molecule has 3 aromatic carbocycles. The van der Waals surface area contributed by atoms with Gasteiger partial charge in [0.1, 0.15) is 12.4 Å². The van der Waals surface area contributed by atoms with Gasteiger partial charge in [0, 0.05) is 33.7 Å². The summed E-state index contributed by atoms with van der Waals surface area (Å²) in [7, 11) is 0. The number of nitrogens with zero attached hydrogens (tertiary/aromatic N) is 1. The number of benzene rings is 3. The molecule has 0 aliphatic rings. The highest BCUT2D eigenvalue weighted by Gasteiger charge is 2.07. The fourth-order valence-electron chi connectivity index (χ4n) is 3.13. The number of fused-ring (bicyclic) bond motifs is 1. The lowest BCUT2D eigenvalue weighted by molar-refractivity contribution is 0.112. The van der Waals surface area contributed by atoms with Crippen LogP contribution in [0.25, 0.3) is 10.9 Å². The van der Waals surface area contributed by atoms with Gasteiger partial charge >= 0.3 is 0 Å². The Morgan fingerprint density at radius 1 is 0.889 bits per heavy atom. The van der Waals surface area contributed by atoms with E-state index < -0.39 is 0 Å². The molecule has 0 aliphatic carbocycles. The first-order chi connectivity index (χ1) is 13.2. The van der Waals surface area contributed by atoms with Crippen LogP contribution in [0, 0.1) is 0 Å². The molecule has 0 unspecified atom stereocenters. The van der Waals surface area contributed by atoms with E-state index in [2.05, 4.69) is 32.6 Å². The fraction of sp³-hybridized carbons (Fsp3) is 0.0870. The minimum absolute atomic E-state index is 0.539. The van der Waals surface area contributed by atoms with E-state index in [0.29, 0.717) is 13.2 Å². The van der Waals surface area contributed by atoms with E-state index >= 15 is 0 Å². The van der Waals surface area contributed by atoms with Crippen LogP contribution in [0.1, 0.15) is 21.5 Å². The first-order valence-electron chi connectivity index (χ1n) is 8.72. The molecule has 0 saturated carbocycles. The highest BCUT2D eigenvalue weighted by atomic mass is 79.9. The lowest BCUT2D eigenvalue weighted by Crippen LogP contribution is -1.99. The van der Waals surface area contributed by atoms with E-state index in [0.717, 1.165) is 44.1 Å². The van der Waals surface area contributed by atoms with Crippen LogP contribution in [-0.2, 0) is 13.2 Å². The fourth-order valence-corrected chi connectivity index (χ4v) is 3.40. The Labute approximate surface area is 166 Å². The summed E-state index contributed by atoms with van der Waals surface area (Å²) >= 11 is 3.44. The number of para-hydroxylation sites is 1. The highest BCUT2D eigenvalue weighted by molar-refractivity contribution is 9.10. The number of carbonyl (C=O) groups is 1. The van der Waals surface area contributed by atoms with Gasteiger partial charge in [0.15, 0.2) is 6.29 Å². The molecular formula is C23H18BrNO2. The van der Waals surface area contributed by atoms with E-state index in [1.807, 2.05) is 66.9 Å². The van der Waals surface area contributed by atoms with Gasteiger partial charge < -0.3 is 9.30 Å². The van der Waals surface area contributed by atoms with Gasteiger partial charge in [-0.3, -0.25) is 4.79 Å². The molecule has 0 spiro atoms. The Balaban J connectivity index is 1.46. The lowest BCUT2D eigenvalue weighted by Gasteiger charge is -2.09. The van der Waals surface area contributed by atoms with Crippen molar-refractivity contribution >= 4 is 33.1 Å². The monoisotopic (exact) mass is 419 g/mol. The second-order valence-electron chi connectivity index (χ2n) is 6.41. The summed E-state index contributed by atoms with van der Waals surface area (Å²) in [6.07, 6.45) is 2.83. The molecule has 1 aromatic heterocycles. The molecule has 134 valence electrons. The van der Waals surface area contributed by atoms with Gasteiger partial charge in [-0.2, -0.15) is 0 Å². The molecule has 4 heteroatoms. The maximum atomic E-state index is 11.3. The van der Waals surface area contributed by atoms with Gasteiger partial charge in [0.05, 0.1) is 0 Å². The zero-order chi connectivity index (χ0) is 18.6. The standard InChI is InChI=1S/C23H18BrNO2/c24-20-9-5-18(6-10-20)16-27-21-11-7-17(8-12-21)13-25-14-19(15-26)22-3-1-2-4-23(22)25/h1-12,14-15H,13,16H2. The van der Waals surface area contributed by atoms with Gasteiger partial charge in [-0.25, -0.2) is 0 Å². The van der Waals surface area contributed by atoms with E-state index in [1.165, 1.54) is 0 Å². The molecule has 0 N–H and O–H groups in total. The van der Waals surface area contributed by atoms with Crippen LogP contribution < -0.4 is 4.74 Å². The molecule has 27 heavy (non-hydrogen) atoms. The van der Waals surface area contributed by atoms with Crippen LogP contribution in [0.15, 0.2) is 83.5 Å². The molecule has 4 aromatic rings. The molecule has 0 amide bonds. The van der Waals surface area contributed by atoms with Crippen LogP contribution in [0.2, 0.25) is 0 Å². The summed E-state index contributed by atoms with van der Waals surface area (Å²) in [4.78, 5) is 11.3. The Hall–Kier alpha value is -2.85. The third-order valence-electron chi connectivity index (χ3n) is 4.54. The van der Waals surface area contributed by atoms with Crippen LogP contribution in [-0.4, -0.2) is 10.9 Å². The Morgan fingerprint density at radius 3 is 2.33 bits per heavy atom. The third-order valence-corrected chi connectivity index (χ3v) is 5.07. The predicted octanol–water partition coefficient (Wildman–Crippen LogP) is 5.84. The van der Waals surface area contributed by atoms with Crippen molar-refractivity contribution in [1.29, 1.82) is 0 Å². The Bertz CT molecular complexity index is 1070. The topological polar surface area (TPSA) is 31.2 Å². The lowest BCUT2D eigenvalue weighted by atomic mass is 10.2. The maximum absolute atomic E-state index is 11.3. The molecule has 0 atom stereocenters. The number of aromatic nitrogens is 1. The third kappa shape index (κ3) is 3.96. The van der Waals surface area contributed by atoms with Crippen molar-refractivity contribution in [3.8, 4) is 5.75 Å². The summed E-state index contributed by atoms with van der Waals surface area (Å²) in [5.41, 5.74) is 4.07. The number of carbonyl (C=O) groups excluding carboxylic acids is 1.